The molecule has 0 bridgehead atoms. The number of hydrogen-bond donors (Lipinski definition) is 1. The van der Waals surface area contributed by atoms with Gasteiger partial charge in [0.15, 0.2) is 0 Å². The highest BCUT2D eigenvalue weighted by Gasteiger charge is 2.30. The summed E-state index contributed by atoms with van der Waals surface area (Å²) in [5.74, 6) is 2.52. The monoisotopic (exact) mass is 337 g/mol. The minimum Gasteiger partial charge on any atom is -0.310 e. The first kappa shape index (κ1) is 16.0. The number of benzene rings is 1. The van der Waals surface area contributed by atoms with Gasteiger partial charge in [-0.05, 0) is 61.3 Å². The summed E-state index contributed by atoms with van der Waals surface area (Å²) in [5, 5.41) is 3.80. The second-order valence-electron chi connectivity index (χ2n) is 6.51. The Morgan fingerprint density at radius 2 is 2.05 bits per heavy atom. The minimum atomic E-state index is 0.516. The maximum Gasteiger partial charge on any atom is 0.0349 e. The Hall–Kier alpha value is -0.340. The standard InChI is InChI=1S/C18H28BrN/c1-4-10-20-18(15-6-5-7-17(19)12-15)16-9-8-13(2)14(3)11-16/h5-7,12-14,16,18,20H,4,8-11H2,1-3H3. The van der Waals surface area contributed by atoms with Gasteiger partial charge in [0, 0.05) is 10.5 Å². The van der Waals surface area contributed by atoms with Crippen LogP contribution in [0.4, 0.5) is 0 Å². The molecule has 4 unspecified atom stereocenters. The van der Waals surface area contributed by atoms with Gasteiger partial charge in [0.1, 0.15) is 0 Å². The summed E-state index contributed by atoms with van der Waals surface area (Å²) in [6.45, 7) is 8.19. The summed E-state index contributed by atoms with van der Waals surface area (Å²) in [6.07, 6.45) is 5.29. The highest BCUT2D eigenvalue weighted by Crippen LogP contribution is 2.40. The molecule has 0 heterocycles. The molecule has 1 saturated carbocycles. The fourth-order valence-corrected chi connectivity index (χ4v) is 3.87. The third-order valence-electron chi connectivity index (χ3n) is 4.93. The van der Waals surface area contributed by atoms with Gasteiger partial charge in [0.05, 0.1) is 0 Å². The molecule has 1 aromatic carbocycles. The van der Waals surface area contributed by atoms with E-state index in [4.69, 9.17) is 0 Å². The third-order valence-corrected chi connectivity index (χ3v) is 5.43. The molecule has 1 aliphatic carbocycles. The van der Waals surface area contributed by atoms with Crippen LogP contribution in [0.2, 0.25) is 0 Å². The van der Waals surface area contributed by atoms with Gasteiger partial charge in [0.25, 0.3) is 0 Å². The van der Waals surface area contributed by atoms with Crippen molar-refractivity contribution in [2.45, 2.75) is 52.5 Å². The topological polar surface area (TPSA) is 12.0 Å². The predicted molar refractivity (Wildman–Crippen MR) is 90.8 cm³/mol. The lowest BCUT2D eigenvalue weighted by Gasteiger charge is -2.37. The lowest BCUT2D eigenvalue weighted by Crippen LogP contribution is -2.33. The van der Waals surface area contributed by atoms with Gasteiger partial charge in [0.2, 0.25) is 0 Å². The molecule has 1 aromatic rings. The summed E-state index contributed by atoms with van der Waals surface area (Å²) in [4.78, 5) is 0. The molecule has 112 valence electrons. The van der Waals surface area contributed by atoms with Crippen LogP contribution in [0.15, 0.2) is 28.7 Å². The molecule has 0 aliphatic heterocycles. The summed E-state index contributed by atoms with van der Waals surface area (Å²) in [7, 11) is 0. The van der Waals surface area contributed by atoms with E-state index >= 15 is 0 Å². The van der Waals surface area contributed by atoms with Crippen LogP contribution in [-0.4, -0.2) is 6.54 Å². The molecule has 1 nitrogen and oxygen atoms in total. The Labute approximate surface area is 132 Å². The molecule has 0 saturated heterocycles. The van der Waals surface area contributed by atoms with E-state index in [0.29, 0.717) is 6.04 Å². The molecular formula is C18H28BrN. The zero-order valence-electron chi connectivity index (χ0n) is 13.0. The van der Waals surface area contributed by atoms with E-state index in [-0.39, 0.29) is 0 Å². The maximum atomic E-state index is 3.80. The average Bonchev–Trinajstić information content (AvgIpc) is 2.43. The van der Waals surface area contributed by atoms with Gasteiger partial charge in [-0.15, -0.1) is 0 Å². The van der Waals surface area contributed by atoms with Crippen molar-refractivity contribution in [3.63, 3.8) is 0 Å². The smallest absolute Gasteiger partial charge is 0.0349 e. The first-order valence-electron chi connectivity index (χ1n) is 8.10. The summed E-state index contributed by atoms with van der Waals surface area (Å²) in [5.41, 5.74) is 1.44. The van der Waals surface area contributed by atoms with Crippen LogP contribution in [0.5, 0.6) is 0 Å². The van der Waals surface area contributed by atoms with Gasteiger partial charge in [-0.25, -0.2) is 0 Å². The van der Waals surface area contributed by atoms with E-state index in [0.717, 1.165) is 24.3 Å². The van der Waals surface area contributed by atoms with Crippen LogP contribution in [-0.2, 0) is 0 Å². The van der Waals surface area contributed by atoms with Gasteiger partial charge in [-0.2, -0.15) is 0 Å². The minimum absolute atomic E-state index is 0.516. The number of halogens is 1. The van der Waals surface area contributed by atoms with Crippen LogP contribution in [0.3, 0.4) is 0 Å². The Bertz CT molecular complexity index is 418. The van der Waals surface area contributed by atoms with Crippen molar-refractivity contribution < 1.29 is 0 Å². The van der Waals surface area contributed by atoms with Crippen molar-refractivity contribution in [3.8, 4) is 0 Å². The Morgan fingerprint density at radius 3 is 2.70 bits per heavy atom. The molecular weight excluding hydrogens is 310 g/mol. The number of rotatable bonds is 5. The summed E-state index contributed by atoms with van der Waals surface area (Å²) in [6, 6.07) is 9.36. The third kappa shape index (κ3) is 4.08. The van der Waals surface area contributed by atoms with Crippen molar-refractivity contribution in [2.75, 3.05) is 6.54 Å². The van der Waals surface area contributed by atoms with Crippen molar-refractivity contribution in [1.29, 1.82) is 0 Å². The Kier molecular flexibility index (Phi) is 6.10. The molecule has 20 heavy (non-hydrogen) atoms. The zero-order chi connectivity index (χ0) is 14.5. The average molecular weight is 338 g/mol. The molecule has 0 radical (unpaired) electrons. The number of hydrogen-bond acceptors (Lipinski definition) is 1. The molecule has 1 N–H and O–H groups in total. The van der Waals surface area contributed by atoms with Crippen molar-refractivity contribution in [3.05, 3.63) is 34.3 Å². The normalized spacial score (nSPS) is 28.3. The molecule has 4 atom stereocenters. The fraction of sp³-hybridized carbons (Fsp3) is 0.667. The summed E-state index contributed by atoms with van der Waals surface area (Å²) >= 11 is 3.62. The molecule has 2 rings (SSSR count). The highest BCUT2D eigenvalue weighted by atomic mass is 79.9. The maximum absolute atomic E-state index is 3.80. The van der Waals surface area contributed by atoms with Crippen LogP contribution >= 0.6 is 15.9 Å². The van der Waals surface area contributed by atoms with Gasteiger partial charge in [-0.1, -0.05) is 55.3 Å². The molecule has 0 aromatic heterocycles. The molecule has 2 heteroatoms. The van der Waals surface area contributed by atoms with E-state index in [1.54, 1.807) is 0 Å². The van der Waals surface area contributed by atoms with Crippen LogP contribution in [0.1, 0.15) is 58.1 Å². The number of nitrogens with one attached hydrogen (secondary N) is 1. The van der Waals surface area contributed by atoms with Gasteiger partial charge >= 0.3 is 0 Å². The molecule has 1 fully saturated rings. The lowest BCUT2D eigenvalue weighted by atomic mass is 9.72. The SMILES string of the molecule is CCCNC(c1cccc(Br)c1)C1CCC(C)C(C)C1. The molecule has 0 spiro atoms. The van der Waals surface area contributed by atoms with E-state index in [9.17, 15) is 0 Å². The molecule has 1 aliphatic rings. The van der Waals surface area contributed by atoms with Gasteiger partial charge in [-0.3, -0.25) is 0 Å². The van der Waals surface area contributed by atoms with Crippen molar-refractivity contribution in [2.24, 2.45) is 17.8 Å². The van der Waals surface area contributed by atoms with Crippen molar-refractivity contribution in [1.82, 2.24) is 5.32 Å². The molecule has 0 amide bonds. The Morgan fingerprint density at radius 1 is 1.25 bits per heavy atom. The van der Waals surface area contributed by atoms with Crippen LogP contribution < -0.4 is 5.32 Å². The van der Waals surface area contributed by atoms with Crippen LogP contribution in [0, 0.1) is 17.8 Å². The Balaban J connectivity index is 2.15. The van der Waals surface area contributed by atoms with Gasteiger partial charge < -0.3 is 5.32 Å². The summed E-state index contributed by atoms with van der Waals surface area (Å²) < 4.78 is 1.19. The first-order chi connectivity index (χ1) is 9.61. The predicted octanol–water partition coefficient (Wildman–Crippen LogP) is 5.56. The van der Waals surface area contributed by atoms with Crippen LogP contribution in [0.25, 0.3) is 0 Å². The van der Waals surface area contributed by atoms with E-state index in [1.165, 1.54) is 35.7 Å². The second kappa shape index (κ2) is 7.61. The van der Waals surface area contributed by atoms with Crippen molar-refractivity contribution >= 4 is 15.9 Å². The fourth-order valence-electron chi connectivity index (χ4n) is 3.45. The highest BCUT2D eigenvalue weighted by molar-refractivity contribution is 9.10. The van der Waals surface area contributed by atoms with E-state index < -0.39 is 0 Å². The second-order valence-corrected chi connectivity index (χ2v) is 7.43. The van der Waals surface area contributed by atoms with E-state index in [2.05, 4.69) is 66.3 Å². The first-order valence-corrected chi connectivity index (χ1v) is 8.90. The lowest BCUT2D eigenvalue weighted by molar-refractivity contribution is 0.171. The zero-order valence-corrected chi connectivity index (χ0v) is 14.6. The largest absolute Gasteiger partial charge is 0.310 e. The van der Waals surface area contributed by atoms with E-state index in [1.807, 2.05) is 0 Å². The quantitative estimate of drug-likeness (QED) is 0.741.